The number of benzene rings is 2. The van der Waals surface area contributed by atoms with Gasteiger partial charge in [-0.2, -0.15) is 9.19 Å². The molecule has 2 heterocycles. The first kappa shape index (κ1) is 18.6. The summed E-state index contributed by atoms with van der Waals surface area (Å²) in [6, 6.07) is 16.3. The van der Waals surface area contributed by atoms with Crippen molar-refractivity contribution >= 4 is 23.5 Å². The van der Waals surface area contributed by atoms with Crippen LogP contribution in [0.5, 0.6) is 11.5 Å². The Labute approximate surface area is 169 Å². The Bertz CT molecular complexity index is 946. The maximum absolute atomic E-state index is 5.50. The second kappa shape index (κ2) is 7.67. The topological polar surface area (TPSA) is 60.3 Å². The van der Waals surface area contributed by atoms with Gasteiger partial charge in [0.05, 0.1) is 19.9 Å². The number of rotatable bonds is 6. The Hall–Kier alpha value is -2.80. The summed E-state index contributed by atoms with van der Waals surface area (Å²) in [5.74, 6) is 2.98. The van der Waals surface area contributed by atoms with Gasteiger partial charge in [0, 0.05) is 35.3 Å². The van der Waals surface area contributed by atoms with Gasteiger partial charge in [0.1, 0.15) is 17.3 Å². The number of hydrogen-bond acceptors (Lipinski definition) is 6. The minimum absolute atomic E-state index is 0.0270. The van der Waals surface area contributed by atoms with Crippen molar-refractivity contribution in [3.8, 4) is 22.8 Å². The predicted octanol–water partition coefficient (Wildman–Crippen LogP) is 5.01. The van der Waals surface area contributed by atoms with E-state index in [0.717, 1.165) is 34.3 Å². The Morgan fingerprint density at radius 2 is 1.86 bits per heavy atom. The Balaban J connectivity index is 1.47. The van der Waals surface area contributed by atoms with Gasteiger partial charge in [0.25, 0.3) is 0 Å². The van der Waals surface area contributed by atoms with Gasteiger partial charge in [-0.1, -0.05) is 26.0 Å². The molecule has 146 valence electrons. The molecule has 0 saturated heterocycles. The molecule has 28 heavy (non-hydrogen) atoms. The number of methoxy groups -OCH3 is 2. The molecule has 6 nitrogen and oxygen atoms in total. The molecule has 0 spiro atoms. The number of anilines is 2. The fourth-order valence-electron chi connectivity index (χ4n) is 3.12. The third kappa shape index (κ3) is 3.62. The molecule has 7 heteroatoms. The van der Waals surface area contributed by atoms with Crippen LogP contribution in [0.15, 0.2) is 48.5 Å². The van der Waals surface area contributed by atoms with Gasteiger partial charge in [0.15, 0.2) is 5.50 Å². The van der Waals surface area contributed by atoms with E-state index in [1.54, 1.807) is 26.2 Å². The lowest BCUT2D eigenvalue weighted by atomic mass is 10.0. The molecule has 0 amide bonds. The van der Waals surface area contributed by atoms with Gasteiger partial charge in [-0.3, -0.25) is 0 Å². The van der Waals surface area contributed by atoms with Crippen LogP contribution in [-0.2, 0) is 0 Å². The van der Waals surface area contributed by atoms with E-state index in [-0.39, 0.29) is 5.50 Å². The molecule has 3 aromatic rings. The van der Waals surface area contributed by atoms with Gasteiger partial charge in [-0.15, -0.1) is 0 Å². The molecule has 0 fully saturated rings. The average Bonchev–Trinajstić information content (AvgIpc) is 3.26. The minimum Gasteiger partial charge on any atom is -0.497 e. The smallest absolute Gasteiger partial charge is 0.168 e. The summed E-state index contributed by atoms with van der Waals surface area (Å²) < 4.78 is 12.7. The van der Waals surface area contributed by atoms with Crippen LogP contribution in [0.25, 0.3) is 11.3 Å². The fourth-order valence-corrected chi connectivity index (χ4v) is 4.04. The standard InChI is InChI=1S/C21H24N4O2S/c1-13(2)14-5-7-15(8-6-14)22-21-23-20-12-18(24-25(20)28-21)17-10-9-16(26-3)11-19(17)27-4/h5-13,21-23H,1-4H3. The third-order valence-electron chi connectivity index (χ3n) is 4.72. The monoisotopic (exact) mass is 396 g/mol. The van der Waals surface area contributed by atoms with Crippen LogP contribution in [0.2, 0.25) is 0 Å². The molecule has 4 rings (SSSR count). The second-order valence-corrected chi connectivity index (χ2v) is 7.93. The summed E-state index contributed by atoms with van der Waals surface area (Å²) in [6.07, 6.45) is 0. The average molecular weight is 397 g/mol. The van der Waals surface area contributed by atoms with Crippen LogP contribution in [0, 0.1) is 0 Å². The van der Waals surface area contributed by atoms with E-state index in [1.165, 1.54) is 5.56 Å². The molecular weight excluding hydrogens is 372 g/mol. The molecule has 0 saturated carbocycles. The number of aromatic nitrogens is 2. The first-order chi connectivity index (χ1) is 13.6. The van der Waals surface area contributed by atoms with Crippen molar-refractivity contribution in [1.29, 1.82) is 0 Å². The fraction of sp³-hybridized carbons (Fsp3) is 0.286. The molecule has 1 unspecified atom stereocenters. The largest absolute Gasteiger partial charge is 0.497 e. The lowest BCUT2D eigenvalue weighted by Crippen LogP contribution is -2.21. The molecule has 0 bridgehead atoms. The zero-order valence-electron chi connectivity index (χ0n) is 16.4. The molecular formula is C21H24N4O2S. The highest BCUT2D eigenvalue weighted by Gasteiger charge is 2.25. The molecule has 1 aliphatic rings. The van der Waals surface area contributed by atoms with Gasteiger partial charge in [0.2, 0.25) is 0 Å². The second-order valence-electron chi connectivity index (χ2n) is 6.90. The van der Waals surface area contributed by atoms with Gasteiger partial charge in [-0.25, -0.2) is 0 Å². The molecule has 0 aliphatic carbocycles. The normalized spacial score (nSPS) is 15.2. The maximum Gasteiger partial charge on any atom is 0.168 e. The summed E-state index contributed by atoms with van der Waals surface area (Å²) in [7, 11) is 3.29. The van der Waals surface area contributed by atoms with E-state index in [2.05, 4.69) is 48.7 Å². The number of nitrogens with zero attached hydrogens (tertiary/aromatic N) is 2. The number of fused-ring (bicyclic) bond motifs is 1. The van der Waals surface area contributed by atoms with Crippen molar-refractivity contribution < 1.29 is 9.47 Å². The van der Waals surface area contributed by atoms with Crippen molar-refractivity contribution in [1.82, 2.24) is 9.19 Å². The highest BCUT2D eigenvalue weighted by Crippen LogP contribution is 2.38. The maximum atomic E-state index is 5.50. The zero-order valence-corrected chi connectivity index (χ0v) is 17.2. The summed E-state index contributed by atoms with van der Waals surface area (Å²) in [5, 5.41) is 11.7. The number of ether oxygens (including phenoxy) is 2. The van der Waals surface area contributed by atoms with Crippen molar-refractivity contribution in [2.24, 2.45) is 0 Å². The third-order valence-corrected chi connectivity index (χ3v) is 5.65. The molecule has 1 aromatic heterocycles. The molecule has 2 N–H and O–H groups in total. The Kier molecular flexibility index (Phi) is 5.09. The Morgan fingerprint density at radius 1 is 1.07 bits per heavy atom. The van der Waals surface area contributed by atoms with Crippen LogP contribution in [0.3, 0.4) is 0 Å². The van der Waals surface area contributed by atoms with E-state index < -0.39 is 0 Å². The summed E-state index contributed by atoms with van der Waals surface area (Å²) in [5.41, 5.74) is 4.23. The van der Waals surface area contributed by atoms with Crippen molar-refractivity contribution in [3.63, 3.8) is 0 Å². The van der Waals surface area contributed by atoms with Crippen molar-refractivity contribution in [2.45, 2.75) is 25.3 Å². The SMILES string of the molecule is COc1ccc(-c2cc3n(n2)SC(Nc2ccc(C(C)C)cc2)N3)c(OC)c1. The summed E-state index contributed by atoms with van der Waals surface area (Å²) >= 11 is 1.60. The quantitative estimate of drug-likeness (QED) is 0.611. The Morgan fingerprint density at radius 3 is 2.50 bits per heavy atom. The van der Waals surface area contributed by atoms with Crippen LogP contribution in [-0.4, -0.2) is 28.9 Å². The molecule has 0 radical (unpaired) electrons. The number of hydrogen-bond donors (Lipinski definition) is 2. The highest BCUT2D eigenvalue weighted by molar-refractivity contribution is 7.98. The molecule has 1 aliphatic heterocycles. The van der Waals surface area contributed by atoms with Crippen LogP contribution in [0.4, 0.5) is 11.5 Å². The predicted molar refractivity (Wildman–Crippen MR) is 115 cm³/mol. The summed E-state index contributed by atoms with van der Waals surface area (Å²) in [4.78, 5) is 0. The first-order valence-corrected chi connectivity index (χ1v) is 10.0. The van der Waals surface area contributed by atoms with Crippen molar-refractivity contribution in [3.05, 3.63) is 54.1 Å². The van der Waals surface area contributed by atoms with Gasteiger partial charge >= 0.3 is 0 Å². The highest BCUT2D eigenvalue weighted by atomic mass is 32.2. The lowest BCUT2D eigenvalue weighted by Gasteiger charge is -2.14. The number of nitrogens with one attached hydrogen (secondary N) is 2. The van der Waals surface area contributed by atoms with Crippen LogP contribution < -0.4 is 20.1 Å². The van der Waals surface area contributed by atoms with Crippen LogP contribution in [0.1, 0.15) is 25.3 Å². The van der Waals surface area contributed by atoms with Gasteiger partial charge in [-0.05, 0) is 35.7 Å². The van der Waals surface area contributed by atoms with E-state index in [0.29, 0.717) is 5.92 Å². The van der Waals surface area contributed by atoms with Crippen molar-refractivity contribution in [2.75, 3.05) is 24.9 Å². The van der Waals surface area contributed by atoms with E-state index in [9.17, 15) is 0 Å². The van der Waals surface area contributed by atoms with Gasteiger partial charge < -0.3 is 20.1 Å². The lowest BCUT2D eigenvalue weighted by molar-refractivity contribution is 0.395. The summed E-state index contributed by atoms with van der Waals surface area (Å²) in [6.45, 7) is 4.40. The van der Waals surface area contributed by atoms with Crippen LogP contribution >= 0.6 is 11.9 Å². The molecule has 2 aromatic carbocycles. The first-order valence-electron chi connectivity index (χ1n) is 9.20. The molecule has 1 atom stereocenters. The van der Waals surface area contributed by atoms with E-state index >= 15 is 0 Å². The van der Waals surface area contributed by atoms with E-state index in [1.807, 2.05) is 28.4 Å². The zero-order chi connectivity index (χ0) is 19.7. The minimum atomic E-state index is 0.0270. The van der Waals surface area contributed by atoms with E-state index in [4.69, 9.17) is 14.6 Å².